The van der Waals surface area contributed by atoms with Crippen molar-refractivity contribution >= 4 is 79.9 Å². The summed E-state index contributed by atoms with van der Waals surface area (Å²) in [5, 5.41) is 10.5. The summed E-state index contributed by atoms with van der Waals surface area (Å²) in [5.74, 6) is -1.62. The van der Waals surface area contributed by atoms with E-state index < -0.39 is 38.4 Å². The monoisotopic (exact) mass is 908 g/mol. The summed E-state index contributed by atoms with van der Waals surface area (Å²) in [6.07, 6.45) is 9.85. The van der Waals surface area contributed by atoms with Crippen LogP contribution in [0.1, 0.15) is 136 Å². The number of hydrogen-bond donors (Lipinski definition) is 3. The van der Waals surface area contributed by atoms with Gasteiger partial charge >= 0.3 is 0 Å². The summed E-state index contributed by atoms with van der Waals surface area (Å²) in [5.41, 5.74) is 5.82. The standard InChI is InChI=1S/C21H25ClFN3O2S.C17H16ClFN2O2.C4H11NOS.CH4/c1-21(2,3)29(28)25-18-8-6-5-7-14-15(18)12-26(4)19(14)20(27)24-13-9-10-17(23)16(22)11-13;1-21-9-12-11(4-2-3-5-15(12)22)16(21)17(23)20-10-6-7-14(19)13(18)8-10;1-4(2,3)7(5)6;/h9-12H,5-8H2,1-4H3,(H,24,27);6-9H,2-5H2,1H3,(H,20,23);5H2,1-3H3;1H4/t29-;;7-;/m1.1./s1. The van der Waals surface area contributed by atoms with Crippen molar-refractivity contribution in [2.45, 2.75) is 110 Å². The molecule has 2 atom stereocenters. The maximum Gasteiger partial charge on any atom is 0.272 e. The minimum atomic E-state index is -1.37. The molecule has 2 aliphatic carbocycles. The van der Waals surface area contributed by atoms with Crippen LogP contribution in [-0.2, 0) is 48.9 Å². The molecule has 2 amide bonds. The van der Waals surface area contributed by atoms with E-state index in [1.807, 2.05) is 47.7 Å². The number of Topliss-reactive ketones (excluding diaryl/α,β-unsaturated/α-hetero) is 1. The molecule has 2 aliphatic rings. The van der Waals surface area contributed by atoms with Crippen LogP contribution in [0.4, 0.5) is 20.2 Å². The fraction of sp³-hybridized carbons (Fsp3) is 0.442. The Bertz CT molecular complexity index is 2310. The predicted octanol–water partition coefficient (Wildman–Crippen LogP) is 10.1. The average molecular weight is 910 g/mol. The summed E-state index contributed by atoms with van der Waals surface area (Å²) in [7, 11) is 1.00. The molecule has 0 spiro atoms. The third-order valence-electron chi connectivity index (χ3n) is 9.46. The van der Waals surface area contributed by atoms with Gasteiger partial charge in [0.1, 0.15) is 34.0 Å². The molecule has 0 radical (unpaired) electrons. The van der Waals surface area contributed by atoms with Crippen molar-refractivity contribution in [3.05, 3.63) is 104 Å². The Hall–Kier alpha value is -4.02. The van der Waals surface area contributed by atoms with Crippen molar-refractivity contribution in [3.63, 3.8) is 0 Å². The van der Waals surface area contributed by atoms with Crippen molar-refractivity contribution in [3.8, 4) is 0 Å². The number of aryl methyl sites for hydroxylation is 2. The van der Waals surface area contributed by atoms with Crippen molar-refractivity contribution < 1.29 is 31.6 Å². The highest BCUT2D eigenvalue weighted by Crippen LogP contribution is 2.30. The average Bonchev–Trinajstić information content (AvgIpc) is 3.51. The van der Waals surface area contributed by atoms with E-state index >= 15 is 0 Å². The van der Waals surface area contributed by atoms with Gasteiger partial charge in [0.25, 0.3) is 11.8 Å². The first kappa shape index (κ1) is 50.3. The van der Waals surface area contributed by atoms with Crippen LogP contribution in [-0.4, -0.2) is 50.4 Å². The molecular formula is C43H56Cl2F2N6O5S2. The molecule has 0 fully saturated rings. The highest BCUT2D eigenvalue weighted by Gasteiger charge is 2.28. The van der Waals surface area contributed by atoms with E-state index in [4.69, 9.17) is 28.3 Å². The normalized spacial score (nSPS) is 15.6. The molecule has 60 heavy (non-hydrogen) atoms. The first-order valence-corrected chi connectivity index (χ1v) is 22.2. The van der Waals surface area contributed by atoms with Gasteiger partial charge in [-0.1, -0.05) is 30.6 Å². The number of carbonyl (C=O) groups is 3. The molecule has 0 saturated heterocycles. The summed E-state index contributed by atoms with van der Waals surface area (Å²) >= 11 is 11.6. The highest BCUT2D eigenvalue weighted by molar-refractivity contribution is 7.85. The number of halogens is 4. The Kier molecular flexibility index (Phi) is 17.8. The van der Waals surface area contributed by atoms with Gasteiger partial charge < -0.3 is 19.8 Å². The molecule has 2 aromatic carbocycles. The van der Waals surface area contributed by atoms with Gasteiger partial charge in [-0.05, 0) is 134 Å². The summed E-state index contributed by atoms with van der Waals surface area (Å²) < 4.78 is 56.8. The number of ketones is 1. The zero-order chi connectivity index (χ0) is 44.0. The van der Waals surface area contributed by atoms with Crippen LogP contribution in [0.5, 0.6) is 0 Å². The Labute approximate surface area is 367 Å². The lowest BCUT2D eigenvalue weighted by Gasteiger charge is -2.14. The smallest absolute Gasteiger partial charge is 0.272 e. The number of nitrogens with one attached hydrogen (secondary N) is 2. The first-order chi connectivity index (χ1) is 27.5. The van der Waals surface area contributed by atoms with Crippen molar-refractivity contribution in [2.24, 2.45) is 23.6 Å². The molecule has 2 heterocycles. The first-order valence-electron chi connectivity index (χ1n) is 19.1. The van der Waals surface area contributed by atoms with Crippen molar-refractivity contribution in [2.75, 3.05) is 10.6 Å². The second kappa shape index (κ2) is 21.2. The van der Waals surface area contributed by atoms with E-state index in [1.54, 1.807) is 29.4 Å². The van der Waals surface area contributed by atoms with Gasteiger partial charge in [-0.3, -0.25) is 19.5 Å². The summed E-state index contributed by atoms with van der Waals surface area (Å²) in [6, 6.07) is 8.09. The van der Waals surface area contributed by atoms with E-state index in [0.29, 0.717) is 41.2 Å². The Balaban J connectivity index is 0.000000277. The molecule has 4 aromatic rings. The Morgan fingerprint density at radius 3 is 1.53 bits per heavy atom. The Morgan fingerprint density at radius 2 is 1.12 bits per heavy atom. The second-order valence-electron chi connectivity index (χ2n) is 16.3. The quantitative estimate of drug-likeness (QED) is 0.170. The lowest BCUT2D eigenvalue weighted by molar-refractivity contribution is 0.0979. The fourth-order valence-corrected chi connectivity index (χ4v) is 7.28. The van der Waals surface area contributed by atoms with Crippen LogP contribution in [0.3, 0.4) is 0 Å². The number of anilines is 2. The molecule has 328 valence electrons. The van der Waals surface area contributed by atoms with Gasteiger partial charge in [0.15, 0.2) is 5.78 Å². The third kappa shape index (κ3) is 13.0. The summed E-state index contributed by atoms with van der Waals surface area (Å²) in [6.45, 7) is 11.2. The zero-order valence-electron chi connectivity index (χ0n) is 34.6. The van der Waals surface area contributed by atoms with Gasteiger partial charge in [-0.2, -0.15) is 4.40 Å². The number of benzene rings is 2. The summed E-state index contributed by atoms with van der Waals surface area (Å²) in [4.78, 5) is 37.7. The Morgan fingerprint density at radius 1 is 0.717 bits per heavy atom. The fourth-order valence-electron chi connectivity index (χ4n) is 6.25. The molecule has 0 bridgehead atoms. The molecule has 11 nitrogen and oxygen atoms in total. The number of nitrogens with zero attached hydrogens (tertiary/aromatic N) is 3. The maximum atomic E-state index is 13.4. The molecule has 0 unspecified atom stereocenters. The minimum Gasteiger partial charge on any atom is -0.346 e. The van der Waals surface area contributed by atoms with Crippen LogP contribution < -0.4 is 15.8 Å². The topological polar surface area (TPSA) is 158 Å². The van der Waals surface area contributed by atoms with Gasteiger partial charge in [-0.15, -0.1) is 0 Å². The minimum absolute atomic E-state index is 0. The number of amides is 2. The number of nitrogens with two attached hydrogens (primary N) is 1. The maximum absolute atomic E-state index is 13.4. The van der Waals surface area contributed by atoms with Gasteiger partial charge in [0, 0.05) is 55.4 Å². The SMILES string of the molecule is C.CC(C)(C)[S@](N)=O.Cn1cc2c(c1C(=O)Nc1ccc(F)c(Cl)c1)CCCCC2=N[S@](=O)C(C)(C)C.Cn1cc2c(c1C(=O)Nc1ccc(F)c(Cl)c1)CCCCC2=O. The van der Waals surface area contributed by atoms with Crippen LogP contribution >= 0.6 is 23.2 Å². The van der Waals surface area contributed by atoms with E-state index in [2.05, 4.69) is 15.0 Å². The molecule has 17 heteroatoms. The molecule has 4 N–H and O–H groups in total. The molecule has 6 rings (SSSR count). The number of fused-ring (bicyclic) bond motifs is 2. The molecular weight excluding hydrogens is 854 g/mol. The van der Waals surface area contributed by atoms with Gasteiger partial charge in [0.05, 0.1) is 36.2 Å². The molecule has 2 aromatic heterocycles. The largest absolute Gasteiger partial charge is 0.346 e. The van der Waals surface area contributed by atoms with E-state index in [9.17, 15) is 31.6 Å². The van der Waals surface area contributed by atoms with Crippen molar-refractivity contribution in [1.29, 1.82) is 0 Å². The highest BCUT2D eigenvalue weighted by atomic mass is 35.5. The van der Waals surface area contributed by atoms with Crippen LogP contribution in [0.2, 0.25) is 10.0 Å². The van der Waals surface area contributed by atoms with Crippen LogP contribution in [0, 0.1) is 11.6 Å². The van der Waals surface area contributed by atoms with E-state index in [1.165, 1.54) is 36.4 Å². The number of hydrogen-bond acceptors (Lipinski definition) is 5. The van der Waals surface area contributed by atoms with Crippen LogP contribution in [0.15, 0.2) is 53.2 Å². The number of rotatable bonds is 5. The zero-order valence-corrected chi connectivity index (χ0v) is 37.7. The number of carbonyl (C=O) groups excluding carboxylic acids is 3. The lowest BCUT2D eigenvalue weighted by atomic mass is 10.0. The molecule has 0 aliphatic heterocycles. The molecule has 0 saturated carbocycles. The van der Waals surface area contributed by atoms with Crippen LogP contribution in [0.25, 0.3) is 0 Å². The second-order valence-corrected chi connectivity index (χ2v) is 20.8. The lowest BCUT2D eigenvalue weighted by Crippen LogP contribution is -2.27. The van der Waals surface area contributed by atoms with Crippen molar-refractivity contribution in [1.82, 2.24) is 9.13 Å². The van der Waals surface area contributed by atoms with Gasteiger partial charge in [0.2, 0.25) is 0 Å². The third-order valence-corrected chi connectivity index (χ3v) is 12.7. The van der Waals surface area contributed by atoms with E-state index in [0.717, 1.165) is 60.9 Å². The number of aromatic nitrogens is 2. The van der Waals surface area contributed by atoms with Gasteiger partial charge in [-0.25, -0.2) is 17.2 Å². The predicted molar refractivity (Wildman–Crippen MR) is 242 cm³/mol. The van der Waals surface area contributed by atoms with E-state index in [-0.39, 0.29) is 39.8 Å².